The number of fused-ring (bicyclic) bond motifs is 1. The van der Waals surface area contributed by atoms with E-state index in [1.807, 2.05) is 23.6 Å². The number of carbonyl (C=O) groups excluding carboxylic acids is 1. The van der Waals surface area contributed by atoms with Crippen LogP contribution in [0.25, 0.3) is 10.2 Å². The van der Waals surface area contributed by atoms with Gasteiger partial charge in [0, 0.05) is 5.02 Å². The summed E-state index contributed by atoms with van der Waals surface area (Å²) in [5, 5.41) is 0.644. The van der Waals surface area contributed by atoms with Crippen LogP contribution in [0.1, 0.15) is 5.56 Å². The van der Waals surface area contributed by atoms with Gasteiger partial charge in [-0.3, -0.25) is 4.79 Å². The second-order valence-corrected chi connectivity index (χ2v) is 6.23. The molecule has 0 saturated heterocycles. The molecule has 2 aromatic rings. The zero-order chi connectivity index (χ0) is 16.4. The highest BCUT2D eigenvalue weighted by atomic mass is 35.5. The van der Waals surface area contributed by atoms with Gasteiger partial charge in [-0.05, 0) is 24.6 Å². The van der Waals surface area contributed by atoms with Gasteiger partial charge < -0.3 is 14.0 Å². The first-order chi connectivity index (χ1) is 11.1. The number of halogens is 1. The molecule has 0 atom stereocenters. The van der Waals surface area contributed by atoms with Gasteiger partial charge in [0.05, 0.1) is 16.8 Å². The highest BCUT2D eigenvalue weighted by molar-refractivity contribution is 7.16. The third-order valence-electron chi connectivity index (χ3n) is 3.34. The van der Waals surface area contributed by atoms with Crippen LogP contribution in [0.15, 0.2) is 29.1 Å². The Morgan fingerprint density at radius 1 is 1.52 bits per heavy atom. The number of hydrogen-bond donors (Lipinski definition) is 0. The maximum atomic E-state index is 12.2. The number of ether oxygens (including phenoxy) is 2. The molecule has 7 heteroatoms. The number of aromatic nitrogens is 1. The van der Waals surface area contributed by atoms with Crippen molar-refractivity contribution in [1.29, 1.82) is 0 Å². The Labute approximate surface area is 141 Å². The van der Waals surface area contributed by atoms with Gasteiger partial charge in [-0.25, -0.2) is 0 Å². The third-order valence-corrected chi connectivity index (χ3v) is 4.79. The summed E-state index contributed by atoms with van der Waals surface area (Å²) in [6.45, 7) is 2.97. The summed E-state index contributed by atoms with van der Waals surface area (Å²) in [5.74, 6) is 2.19. The van der Waals surface area contributed by atoms with Gasteiger partial charge in [0.1, 0.15) is 19.5 Å². The third kappa shape index (κ3) is 2.98. The van der Waals surface area contributed by atoms with E-state index in [0.29, 0.717) is 29.6 Å². The molecular weight excluding hydrogens is 336 g/mol. The van der Waals surface area contributed by atoms with E-state index < -0.39 is 5.91 Å². The maximum absolute atomic E-state index is 12.2. The van der Waals surface area contributed by atoms with Gasteiger partial charge in [0.25, 0.3) is 0 Å². The van der Waals surface area contributed by atoms with E-state index in [-0.39, 0.29) is 5.76 Å². The number of thiazole rings is 1. The number of hydrogen-bond acceptors (Lipinski definition) is 4. The minimum absolute atomic E-state index is 0.0933. The van der Waals surface area contributed by atoms with Crippen molar-refractivity contribution in [2.75, 3.05) is 13.2 Å². The summed E-state index contributed by atoms with van der Waals surface area (Å²) < 4.78 is 13.1. The van der Waals surface area contributed by atoms with Crippen molar-refractivity contribution in [3.05, 3.63) is 39.5 Å². The van der Waals surface area contributed by atoms with E-state index in [1.54, 1.807) is 0 Å². The molecule has 3 rings (SSSR count). The lowest BCUT2D eigenvalue weighted by Gasteiger charge is -2.12. The molecule has 0 spiro atoms. The largest absolute Gasteiger partial charge is 0.494 e. The van der Waals surface area contributed by atoms with Gasteiger partial charge in [-0.1, -0.05) is 28.9 Å². The lowest BCUT2D eigenvalue weighted by atomic mass is 10.2. The van der Waals surface area contributed by atoms with E-state index in [1.165, 1.54) is 17.6 Å². The summed E-state index contributed by atoms with van der Waals surface area (Å²) in [7, 11) is 0. The number of carbonyl (C=O) groups is 1. The molecule has 1 aliphatic heterocycles. The van der Waals surface area contributed by atoms with Crippen LogP contribution in [-0.2, 0) is 20.8 Å². The molecule has 0 bridgehead atoms. The minimum Gasteiger partial charge on any atom is -0.494 e. The highest BCUT2D eigenvalue weighted by Crippen LogP contribution is 2.27. The topological polar surface area (TPSA) is 52.8 Å². The van der Waals surface area contributed by atoms with Crippen molar-refractivity contribution < 1.29 is 14.3 Å². The molecule has 2 heterocycles. The Morgan fingerprint density at radius 2 is 2.35 bits per heavy atom. The molecular formula is C16H13ClN2O3S. The van der Waals surface area contributed by atoms with Crippen LogP contribution in [0.5, 0.6) is 0 Å². The van der Waals surface area contributed by atoms with E-state index in [4.69, 9.17) is 27.5 Å². The maximum Gasteiger partial charge on any atom is 0.317 e. The van der Waals surface area contributed by atoms with Gasteiger partial charge in [-0.2, -0.15) is 4.99 Å². The fourth-order valence-electron chi connectivity index (χ4n) is 2.26. The average Bonchev–Trinajstić information content (AvgIpc) is 2.90. The number of aryl methyl sites for hydroxylation is 1. The predicted octanol–water partition coefficient (Wildman–Crippen LogP) is 2.61. The molecule has 0 aliphatic carbocycles. The molecule has 0 saturated carbocycles. The monoisotopic (exact) mass is 348 g/mol. The van der Waals surface area contributed by atoms with Crippen molar-refractivity contribution in [2.45, 2.75) is 13.5 Å². The quantitative estimate of drug-likeness (QED) is 0.784. The number of nitrogens with zero attached hydrogens (tertiary/aromatic N) is 2. The molecule has 1 aliphatic rings. The Balaban J connectivity index is 2.17. The van der Waals surface area contributed by atoms with Crippen LogP contribution in [0.4, 0.5) is 0 Å². The Hall–Kier alpha value is -2.23. The normalized spacial score (nSPS) is 14.8. The zero-order valence-corrected chi connectivity index (χ0v) is 13.9. The number of terminal acetylenes is 1. The first kappa shape index (κ1) is 15.7. The Kier molecular flexibility index (Phi) is 4.42. The molecule has 0 fully saturated rings. The summed E-state index contributed by atoms with van der Waals surface area (Å²) in [5.41, 5.74) is 1.79. The van der Waals surface area contributed by atoms with Crippen LogP contribution in [0.2, 0.25) is 5.02 Å². The molecule has 23 heavy (non-hydrogen) atoms. The van der Waals surface area contributed by atoms with Crippen LogP contribution in [-0.4, -0.2) is 23.7 Å². The standard InChI is InChI=1S/C16H13ClN2O3S/c1-3-6-19-14-10(2)11(17)4-5-13(14)23-16(19)18-15(20)12-9-21-7-8-22-12/h1,4-5,9H,6-8H2,2H3. The molecule has 5 nitrogen and oxygen atoms in total. The number of amides is 1. The van der Waals surface area contributed by atoms with E-state index >= 15 is 0 Å². The minimum atomic E-state index is -0.495. The fourth-order valence-corrected chi connectivity index (χ4v) is 3.50. The second kappa shape index (κ2) is 6.49. The van der Waals surface area contributed by atoms with Gasteiger partial charge in [-0.15, -0.1) is 6.42 Å². The molecule has 0 N–H and O–H groups in total. The first-order valence-electron chi connectivity index (χ1n) is 6.87. The molecule has 1 aromatic carbocycles. The lowest BCUT2D eigenvalue weighted by molar-refractivity contribution is -0.119. The molecule has 0 radical (unpaired) electrons. The second-order valence-electron chi connectivity index (χ2n) is 4.81. The van der Waals surface area contributed by atoms with Crippen molar-refractivity contribution in [2.24, 2.45) is 4.99 Å². The van der Waals surface area contributed by atoms with Gasteiger partial charge in [0.15, 0.2) is 4.80 Å². The van der Waals surface area contributed by atoms with Crippen molar-refractivity contribution in [3.63, 3.8) is 0 Å². The molecule has 1 amide bonds. The average molecular weight is 349 g/mol. The summed E-state index contributed by atoms with van der Waals surface area (Å²) in [4.78, 5) is 16.9. The van der Waals surface area contributed by atoms with E-state index in [0.717, 1.165) is 15.8 Å². The Morgan fingerprint density at radius 3 is 3.04 bits per heavy atom. The van der Waals surface area contributed by atoms with E-state index in [2.05, 4.69) is 10.9 Å². The van der Waals surface area contributed by atoms with E-state index in [9.17, 15) is 4.79 Å². The summed E-state index contributed by atoms with van der Waals surface area (Å²) in [6, 6.07) is 3.72. The van der Waals surface area contributed by atoms with Crippen LogP contribution in [0, 0.1) is 19.3 Å². The Bertz CT molecular complexity index is 918. The SMILES string of the molecule is C#CCn1c(=NC(=O)C2=COCCO2)sc2ccc(Cl)c(C)c21. The van der Waals surface area contributed by atoms with Crippen molar-refractivity contribution in [1.82, 2.24) is 4.57 Å². The molecule has 1 aromatic heterocycles. The van der Waals surface area contributed by atoms with Gasteiger partial charge >= 0.3 is 5.91 Å². The van der Waals surface area contributed by atoms with Crippen LogP contribution >= 0.6 is 22.9 Å². The number of benzene rings is 1. The molecule has 118 valence electrons. The summed E-state index contributed by atoms with van der Waals surface area (Å²) >= 11 is 7.57. The number of rotatable bonds is 2. The zero-order valence-electron chi connectivity index (χ0n) is 12.3. The molecule has 0 unspecified atom stereocenters. The lowest BCUT2D eigenvalue weighted by Crippen LogP contribution is -2.20. The van der Waals surface area contributed by atoms with Crippen LogP contribution in [0.3, 0.4) is 0 Å². The van der Waals surface area contributed by atoms with Crippen LogP contribution < -0.4 is 4.80 Å². The smallest absolute Gasteiger partial charge is 0.317 e. The first-order valence-corrected chi connectivity index (χ1v) is 8.07. The van der Waals surface area contributed by atoms with Crippen molar-refractivity contribution in [3.8, 4) is 12.3 Å². The highest BCUT2D eigenvalue weighted by Gasteiger charge is 2.16. The predicted molar refractivity (Wildman–Crippen MR) is 89.0 cm³/mol. The summed E-state index contributed by atoms with van der Waals surface area (Å²) in [6.07, 6.45) is 6.75. The fraction of sp³-hybridized carbons (Fsp3) is 0.250. The van der Waals surface area contributed by atoms with Crippen molar-refractivity contribution >= 4 is 39.1 Å². The van der Waals surface area contributed by atoms with Gasteiger partial charge in [0.2, 0.25) is 5.76 Å².